The molecule has 0 aliphatic carbocycles. The third-order valence-corrected chi connectivity index (χ3v) is 2.72. The highest BCUT2D eigenvalue weighted by Gasteiger charge is 2.16. The summed E-state index contributed by atoms with van der Waals surface area (Å²) in [4.78, 5) is 11.2. The highest BCUT2D eigenvalue weighted by atomic mass is 16.5. The van der Waals surface area contributed by atoms with Crippen molar-refractivity contribution in [3.05, 3.63) is 34.4 Å². The van der Waals surface area contributed by atoms with Crippen molar-refractivity contribution in [1.82, 2.24) is 0 Å². The van der Waals surface area contributed by atoms with Crippen LogP contribution in [0, 0.1) is 20.8 Å². The van der Waals surface area contributed by atoms with Gasteiger partial charge in [-0.3, -0.25) is 4.79 Å². The Morgan fingerprint density at radius 2 is 1.81 bits per heavy atom. The first-order valence-corrected chi connectivity index (χ1v) is 5.36. The lowest BCUT2D eigenvalue weighted by Crippen LogP contribution is -2.18. The first-order valence-electron chi connectivity index (χ1n) is 5.36. The number of carbonyl (C=O) groups is 1. The molecule has 0 radical (unpaired) electrons. The number of esters is 1. The maximum absolute atomic E-state index is 11.2. The third kappa shape index (κ3) is 2.83. The molecule has 0 unspecified atom stereocenters. The molecule has 0 amide bonds. The second kappa shape index (κ2) is 5.12. The Labute approximate surface area is 96.6 Å². The van der Waals surface area contributed by atoms with Gasteiger partial charge in [-0.25, -0.2) is 0 Å². The minimum absolute atomic E-state index is 0.223. The Morgan fingerprint density at radius 3 is 2.25 bits per heavy atom. The van der Waals surface area contributed by atoms with Gasteiger partial charge in [0.05, 0.1) is 13.5 Å². The first kappa shape index (κ1) is 12.7. The first-order chi connectivity index (χ1) is 7.45. The van der Waals surface area contributed by atoms with Crippen LogP contribution in [0.2, 0.25) is 0 Å². The lowest BCUT2D eigenvalue weighted by molar-refractivity contribution is -0.141. The van der Waals surface area contributed by atoms with Gasteiger partial charge in [-0.1, -0.05) is 17.7 Å². The highest BCUT2D eigenvalue weighted by Crippen LogP contribution is 2.24. The average Bonchev–Trinajstić information content (AvgIpc) is 2.15. The van der Waals surface area contributed by atoms with E-state index in [0.717, 1.165) is 16.7 Å². The number of benzene rings is 1. The Bertz CT molecular complexity index is 376. The van der Waals surface area contributed by atoms with Gasteiger partial charge < -0.3 is 10.5 Å². The van der Waals surface area contributed by atoms with Gasteiger partial charge in [-0.2, -0.15) is 0 Å². The molecule has 0 saturated heterocycles. The summed E-state index contributed by atoms with van der Waals surface area (Å²) in [6.45, 7) is 6.09. The fourth-order valence-electron chi connectivity index (χ4n) is 2.14. The number of methoxy groups -OCH3 is 1. The van der Waals surface area contributed by atoms with Crippen molar-refractivity contribution in [2.45, 2.75) is 33.2 Å². The molecular formula is C13H19NO2. The van der Waals surface area contributed by atoms with Crippen molar-refractivity contribution in [2.75, 3.05) is 7.11 Å². The van der Waals surface area contributed by atoms with E-state index < -0.39 is 0 Å². The van der Waals surface area contributed by atoms with E-state index in [1.54, 1.807) is 0 Å². The molecule has 2 N–H and O–H groups in total. The Kier molecular flexibility index (Phi) is 4.07. The van der Waals surface area contributed by atoms with Gasteiger partial charge in [-0.05, 0) is 37.5 Å². The van der Waals surface area contributed by atoms with Crippen molar-refractivity contribution >= 4 is 5.97 Å². The molecule has 16 heavy (non-hydrogen) atoms. The standard InChI is InChI=1S/C13H19NO2/c1-8-5-9(2)13(10(3)6-8)11(14)7-12(15)16-4/h5-6,11H,7,14H2,1-4H3/t11-/m0/s1. The molecule has 1 rings (SSSR count). The molecule has 1 aromatic carbocycles. The van der Waals surface area contributed by atoms with Crippen LogP contribution >= 0.6 is 0 Å². The molecule has 0 aliphatic rings. The molecule has 0 fully saturated rings. The monoisotopic (exact) mass is 221 g/mol. The van der Waals surface area contributed by atoms with Crippen molar-refractivity contribution < 1.29 is 9.53 Å². The summed E-state index contributed by atoms with van der Waals surface area (Å²) in [6, 6.07) is 3.88. The predicted molar refractivity (Wildman–Crippen MR) is 64.2 cm³/mol. The van der Waals surface area contributed by atoms with E-state index >= 15 is 0 Å². The number of hydrogen-bond donors (Lipinski definition) is 1. The minimum Gasteiger partial charge on any atom is -0.469 e. The van der Waals surface area contributed by atoms with Crippen LogP contribution in [0.15, 0.2) is 12.1 Å². The van der Waals surface area contributed by atoms with Crippen LogP contribution in [0.25, 0.3) is 0 Å². The predicted octanol–water partition coefficient (Wildman–Crippen LogP) is 2.17. The number of nitrogens with two attached hydrogens (primary N) is 1. The van der Waals surface area contributed by atoms with Gasteiger partial charge in [0.25, 0.3) is 0 Å². The summed E-state index contributed by atoms with van der Waals surface area (Å²) in [5, 5.41) is 0. The second-order valence-electron chi connectivity index (χ2n) is 4.20. The quantitative estimate of drug-likeness (QED) is 0.796. The van der Waals surface area contributed by atoms with E-state index in [9.17, 15) is 4.79 Å². The highest BCUT2D eigenvalue weighted by molar-refractivity contribution is 5.70. The molecule has 0 aliphatic heterocycles. The number of aryl methyl sites for hydroxylation is 3. The maximum atomic E-state index is 11.2. The van der Waals surface area contributed by atoms with Crippen LogP contribution in [-0.4, -0.2) is 13.1 Å². The van der Waals surface area contributed by atoms with Gasteiger partial charge in [0.15, 0.2) is 0 Å². The second-order valence-corrected chi connectivity index (χ2v) is 4.20. The lowest BCUT2D eigenvalue weighted by Gasteiger charge is -2.17. The van der Waals surface area contributed by atoms with E-state index in [1.807, 2.05) is 13.8 Å². The average molecular weight is 221 g/mol. The largest absolute Gasteiger partial charge is 0.469 e. The van der Waals surface area contributed by atoms with Crippen molar-refractivity contribution in [2.24, 2.45) is 5.73 Å². The van der Waals surface area contributed by atoms with Gasteiger partial charge in [-0.15, -0.1) is 0 Å². The van der Waals surface area contributed by atoms with E-state index in [2.05, 4.69) is 23.8 Å². The van der Waals surface area contributed by atoms with Crippen LogP contribution in [-0.2, 0) is 9.53 Å². The molecule has 0 bridgehead atoms. The Balaban J connectivity index is 2.99. The zero-order chi connectivity index (χ0) is 12.3. The van der Waals surface area contributed by atoms with Crippen LogP contribution in [0.1, 0.15) is 34.7 Å². The van der Waals surface area contributed by atoms with Crippen LogP contribution in [0.3, 0.4) is 0 Å². The Hall–Kier alpha value is -1.35. The number of rotatable bonds is 3. The van der Waals surface area contributed by atoms with Crippen LogP contribution in [0.4, 0.5) is 0 Å². The molecule has 88 valence electrons. The molecule has 0 heterocycles. The van der Waals surface area contributed by atoms with E-state index in [0.29, 0.717) is 0 Å². The Morgan fingerprint density at radius 1 is 1.31 bits per heavy atom. The number of hydrogen-bond acceptors (Lipinski definition) is 3. The molecule has 0 spiro atoms. The summed E-state index contributed by atoms with van der Waals surface area (Å²) in [6.07, 6.45) is 0.223. The normalized spacial score (nSPS) is 12.3. The summed E-state index contributed by atoms with van der Waals surface area (Å²) >= 11 is 0. The van der Waals surface area contributed by atoms with E-state index in [4.69, 9.17) is 5.73 Å². The van der Waals surface area contributed by atoms with Crippen molar-refractivity contribution in [3.63, 3.8) is 0 Å². The van der Waals surface area contributed by atoms with E-state index in [1.165, 1.54) is 12.7 Å². The van der Waals surface area contributed by atoms with Crippen molar-refractivity contribution in [1.29, 1.82) is 0 Å². The fraction of sp³-hybridized carbons (Fsp3) is 0.462. The number of carbonyl (C=O) groups excluding carboxylic acids is 1. The molecule has 3 nitrogen and oxygen atoms in total. The summed E-state index contributed by atoms with van der Waals surface area (Å²) in [7, 11) is 1.38. The minimum atomic E-state index is -0.284. The summed E-state index contributed by atoms with van der Waals surface area (Å²) in [5.41, 5.74) is 10.6. The zero-order valence-corrected chi connectivity index (χ0v) is 10.3. The smallest absolute Gasteiger partial charge is 0.307 e. The molecular weight excluding hydrogens is 202 g/mol. The molecule has 0 saturated carbocycles. The fourth-order valence-corrected chi connectivity index (χ4v) is 2.14. The molecule has 0 aromatic heterocycles. The third-order valence-electron chi connectivity index (χ3n) is 2.72. The summed E-state index contributed by atoms with van der Waals surface area (Å²) < 4.78 is 4.63. The molecule has 1 aromatic rings. The zero-order valence-electron chi connectivity index (χ0n) is 10.3. The molecule has 3 heteroatoms. The SMILES string of the molecule is COC(=O)C[C@H](N)c1c(C)cc(C)cc1C. The van der Waals surface area contributed by atoms with Gasteiger partial charge >= 0.3 is 5.97 Å². The maximum Gasteiger partial charge on any atom is 0.307 e. The molecule has 1 atom stereocenters. The van der Waals surface area contributed by atoms with Gasteiger partial charge in [0.2, 0.25) is 0 Å². The summed E-state index contributed by atoms with van der Waals surface area (Å²) in [5.74, 6) is -0.271. The van der Waals surface area contributed by atoms with E-state index in [-0.39, 0.29) is 18.4 Å². The van der Waals surface area contributed by atoms with Gasteiger partial charge in [0, 0.05) is 6.04 Å². The van der Waals surface area contributed by atoms with Gasteiger partial charge in [0.1, 0.15) is 0 Å². The number of ether oxygens (including phenoxy) is 1. The van der Waals surface area contributed by atoms with Crippen LogP contribution in [0.5, 0.6) is 0 Å². The van der Waals surface area contributed by atoms with Crippen molar-refractivity contribution in [3.8, 4) is 0 Å². The topological polar surface area (TPSA) is 52.3 Å². The van der Waals surface area contributed by atoms with Crippen LogP contribution < -0.4 is 5.73 Å². The lowest BCUT2D eigenvalue weighted by atomic mass is 9.93.